The van der Waals surface area contributed by atoms with Crippen molar-refractivity contribution >= 4 is 56.7 Å². The maximum absolute atomic E-state index is 14.0. The van der Waals surface area contributed by atoms with Crippen molar-refractivity contribution in [2.45, 2.75) is 31.5 Å². The number of nitrogens with one attached hydrogen (secondary N) is 2. The van der Waals surface area contributed by atoms with Crippen LogP contribution in [0.1, 0.15) is 43.0 Å². The van der Waals surface area contributed by atoms with Gasteiger partial charge >= 0.3 is 11.9 Å². The van der Waals surface area contributed by atoms with Crippen molar-refractivity contribution in [3.8, 4) is 17.2 Å². The third-order valence-electron chi connectivity index (χ3n) is 12.4. The summed E-state index contributed by atoms with van der Waals surface area (Å²) in [6, 6.07) is 55.8. The maximum atomic E-state index is 14.0. The topological polar surface area (TPSA) is 134 Å². The van der Waals surface area contributed by atoms with E-state index in [9.17, 15) is 23.6 Å². The van der Waals surface area contributed by atoms with Crippen LogP contribution in [0.25, 0.3) is 21.8 Å². The third kappa shape index (κ3) is 11.0. The number of anilines is 2. The minimum Gasteiger partial charge on any atom is -0.492 e. The molecule has 12 heteroatoms. The fraction of sp³-hybridized carbons (Fsp3) is 0.133. The van der Waals surface area contributed by atoms with Crippen LogP contribution in [0.3, 0.4) is 0 Å². The lowest BCUT2D eigenvalue weighted by Gasteiger charge is -2.20. The molecule has 0 radical (unpaired) electrons. The average molecular weight is 960 g/mol. The Bertz CT molecular complexity index is 3320. The molecule has 11 nitrogen and oxygen atoms in total. The molecule has 2 N–H and O–H groups in total. The van der Waals surface area contributed by atoms with E-state index in [0.717, 1.165) is 22.2 Å². The molecule has 0 aliphatic rings. The van der Waals surface area contributed by atoms with Gasteiger partial charge in [-0.2, -0.15) is 0 Å². The van der Waals surface area contributed by atoms with Gasteiger partial charge < -0.3 is 34.1 Å². The fourth-order valence-electron chi connectivity index (χ4n) is 8.77. The number of aromatic nitrogens is 1. The predicted molar refractivity (Wildman–Crippen MR) is 277 cm³/mol. The van der Waals surface area contributed by atoms with E-state index in [4.69, 9.17) is 18.9 Å². The number of rotatable bonds is 20. The molecule has 1 aromatic heterocycles. The maximum Gasteiger partial charge on any atom is 0.328 e. The van der Waals surface area contributed by atoms with Gasteiger partial charge in [-0.25, -0.2) is 14.0 Å². The largest absolute Gasteiger partial charge is 0.492 e. The van der Waals surface area contributed by atoms with Gasteiger partial charge in [-0.15, -0.1) is 0 Å². The first kappa shape index (κ1) is 48.0. The number of para-hydroxylation sites is 4. The molecule has 72 heavy (non-hydrogen) atoms. The number of methoxy groups -OCH3 is 2. The number of ketones is 2. The van der Waals surface area contributed by atoms with Gasteiger partial charge in [0.05, 0.1) is 20.8 Å². The highest BCUT2D eigenvalue weighted by Crippen LogP contribution is 2.30. The fourth-order valence-corrected chi connectivity index (χ4v) is 8.77. The van der Waals surface area contributed by atoms with Crippen molar-refractivity contribution in [3.63, 3.8) is 0 Å². The molecule has 2 unspecified atom stereocenters. The minimum absolute atomic E-state index is 0.231. The highest BCUT2D eigenvalue weighted by Gasteiger charge is 2.25. The van der Waals surface area contributed by atoms with Crippen molar-refractivity contribution in [2.75, 3.05) is 31.5 Å². The standard InChI is InChI=1S/C60H50FN3O8/c1-69-59(67)53(37-39-19-29-44(30-20-39)71-36-35-64-55-17-9-5-11-47(55)48-12-6-10-18-56(48)64)63-52-16-8-4-14-50(52)58(66)42-25-33-46(34-26-42)72-45-31-21-40(22-32-45)38-54(60(68)70-2)62-51-15-7-3-13-49(51)57(65)41-23-27-43(61)28-24-41/h3-34,53-54,62-63H,35-38H2,1-2H3. The molecule has 0 aliphatic carbocycles. The number of nitrogens with zero attached hydrogens (tertiary/aromatic N) is 1. The van der Waals surface area contributed by atoms with Crippen LogP contribution < -0.4 is 20.1 Å². The number of benzene rings is 8. The molecule has 9 rings (SSSR count). The molecule has 2 atom stereocenters. The summed E-state index contributed by atoms with van der Waals surface area (Å²) in [5, 5.41) is 8.88. The van der Waals surface area contributed by atoms with Gasteiger partial charge in [0.1, 0.15) is 41.8 Å². The summed E-state index contributed by atoms with van der Waals surface area (Å²) in [6.07, 6.45) is 0.526. The van der Waals surface area contributed by atoms with E-state index in [1.165, 1.54) is 49.3 Å². The van der Waals surface area contributed by atoms with Gasteiger partial charge in [0.25, 0.3) is 0 Å². The molecule has 0 saturated heterocycles. The van der Waals surface area contributed by atoms with Crippen molar-refractivity contribution in [1.29, 1.82) is 0 Å². The van der Waals surface area contributed by atoms with E-state index in [2.05, 4.69) is 51.6 Å². The summed E-state index contributed by atoms with van der Waals surface area (Å²) in [4.78, 5) is 53.5. The van der Waals surface area contributed by atoms with Gasteiger partial charge in [-0.05, 0) is 120 Å². The first-order chi connectivity index (χ1) is 35.1. The SMILES string of the molecule is COC(=O)C(Cc1ccc(Oc2ccc(C(=O)c3ccccc3NC(Cc3ccc(OCCn4c5ccccc5c5ccccc54)cc3)C(=O)OC)cc2)cc1)Nc1ccccc1C(=O)c1ccc(F)cc1. The smallest absolute Gasteiger partial charge is 0.328 e. The molecule has 0 amide bonds. The molecule has 9 aromatic rings. The highest BCUT2D eigenvalue weighted by molar-refractivity contribution is 6.13. The highest BCUT2D eigenvalue weighted by atomic mass is 19.1. The van der Waals surface area contributed by atoms with E-state index in [1.807, 2.05) is 48.5 Å². The number of carbonyl (C=O) groups is 4. The second kappa shape index (κ2) is 22.2. The number of carbonyl (C=O) groups excluding carboxylic acids is 4. The van der Waals surface area contributed by atoms with E-state index in [1.54, 1.807) is 84.9 Å². The van der Waals surface area contributed by atoms with E-state index in [0.29, 0.717) is 70.4 Å². The Morgan fingerprint density at radius 2 is 0.889 bits per heavy atom. The third-order valence-corrected chi connectivity index (χ3v) is 12.4. The molecular weight excluding hydrogens is 910 g/mol. The van der Waals surface area contributed by atoms with E-state index in [-0.39, 0.29) is 18.0 Å². The summed E-state index contributed by atoms with van der Waals surface area (Å²) in [5.74, 6) is -0.294. The van der Waals surface area contributed by atoms with Gasteiger partial charge in [0.2, 0.25) is 0 Å². The van der Waals surface area contributed by atoms with Crippen LogP contribution in [-0.4, -0.2) is 61.0 Å². The predicted octanol–water partition coefficient (Wildman–Crippen LogP) is 11.7. The lowest BCUT2D eigenvalue weighted by atomic mass is 10.00. The zero-order valence-electron chi connectivity index (χ0n) is 39.5. The van der Waals surface area contributed by atoms with Crippen LogP contribution in [0.2, 0.25) is 0 Å². The summed E-state index contributed by atoms with van der Waals surface area (Å²) in [5.41, 5.74) is 6.33. The summed E-state index contributed by atoms with van der Waals surface area (Å²) in [6.45, 7) is 1.14. The van der Waals surface area contributed by atoms with Crippen molar-refractivity contribution < 1.29 is 42.5 Å². The molecular formula is C60H50FN3O8. The second-order valence-corrected chi connectivity index (χ2v) is 17.1. The van der Waals surface area contributed by atoms with Crippen molar-refractivity contribution in [2.24, 2.45) is 0 Å². The first-order valence-corrected chi connectivity index (χ1v) is 23.4. The molecule has 1 heterocycles. The van der Waals surface area contributed by atoms with Crippen LogP contribution in [0.5, 0.6) is 17.2 Å². The molecule has 0 fully saturated rings. The Morgan fingerprint density at radius 3 is 1.36 bits per heavy atom. The van der Waals surface area contributed by atoms with Crippen molar-refractivity contribution in [3.05, 3.63) is 233 Å². The van der Waals surface area contributed by atoms with Gasteiger partial charge in [-0.3, -0.25) is 9.59 Å². The molecule has 8 aromatic carbocycles. The molecule has 0 spiro atoms. The van der Waals surface area contributed by atoms with Gasteiger partial charge in [0, 0.05) is 68.3 Å². The average Bonchev–Trinajstić information content (AvgIpc) is 3.74. The van der Waals surface area contributed by atoms with Gasteiger partial charge in [0.15, 0.2) is 11.6 Å². The molecule has 0 saturated carbocycles. The first-order valence-electron chi connectivity index (χ1n) is 23.4. The Morgan fingerprint density at radius 1 is 0.486 bits per heavy atom. The second-order valence-electron chi connectivity index (χ2n) is 17.1. The Kier molecular flexibility index (Phi) is 14.8. The van der Waals surface area contributed by atoms with Crippen LogP contribution in [0.4, 0.5) is 15.8 Å². The summed E-state index contributed by atoms with van der Waals surface area (Å²) < 4.78 is 38.4. The number of hydrogen-bond donors (Lipinski definition) is 2. The van der Waals surface area contributed by atoms with Crippen LogP contribution in [0, 0.1) is 5.82 Å². The van der Waals surface area contributed by atoms with Crippen LogP contribution >= 0.6 is 0 Å². The quantitative estimate of drug-likeness (QED) is 0.0562. The Balaban J connectivity index is 0.807. The monoisotopic (exact) mass is 959 g/mol. The molecule has 0 bridgehead atoms. The van der Waals surface area contributed by atoms with E-state index >= 15 is 0 Å². The Hall–Kier alpha value is -9.03. The number of hydrogen-bond acceptors (Lipinski definition) is 10. The zero-order valence-corrected chi connectivity index (χ0v) is 39.5. The van der Waals surface area contributed by atoms with Crippen LogP contribution in [0.15, 0.2) is 194 Å². The number of fused-ring (bicyclic) bond motifs is 3. The normalized spacial score (nSPS) is 11.9. The molecule has 0 aliphatic heterocycles. The lowest BCUT2D eigenvalue weighted by Crippen LogP contribution is -2.33. The number of ether oxygens (including phenoxy) is 4. The number of esters is 2. The summed E-state index contributed by atoms with van der Waals surface area (Å²) >= 11 is 0. The Labute approximate surface area is 415 Å². The van der Waals surface area contributed by atoms with E-state index < -0.39 is 29.8 Å². The number of halogens is 1. The lowest BCUT2D eigenvalue weighted by molar-refractivity contribution is -0.142. The minimum atomic E-state index is -0.839. The molecule has 360 valence electrons. The summed E-state index contributed by atoms with van der Waals surface area (Å²) in [7, 11) is 2.64. The van der Waals surface area contributed by atoms with Gasteiger partial charge in [-0.1, -0.05) is 84.9 Å². The van der Waals surface area contributed by atoms with Crippen molar-refractivity contribution in [1.82, 2.24) is 4.57 Å². The zero-order chi connectivity index (χ0) is 50.0. The van der Waals surface area contributed by atoms with Crippen LogP contribution in [-0.2, 0) is 38.4 Å².